The number of rotatable bonds is 5. The van der Waals surface area contributed by atoms with Crippen LogP contribution in [0, 0.1) is 19.7 Å². The van der Waals surface area contributed by atoms with Crippen LogP contribution in [0.2, 0.25) is 10.0 Å². The molecule has 0 spiro atoms. The Labute approximate surface area is 237 Å². The monoisotopic (exact) mass is 583 g/mol. The number of thiazole rings is 1. The average Bonchev–Trinajstić information content (AvgIpc) is 3.35. The molecule has 0 fully saturated rings. The number of halogens is 3. The molecule has 39 heavy (non-hydrogen) atoms. The molecule has 1 atom stereocenters. The van der Waals surface area contributed by atoms with E-state index in [1.54, 1.807) is 38.1 Å². The molecule has 0 amide bonds. The van der Waals surface area contributed by atoms with Crippen LogP contribution >= 0.6 is 34.5 Å². The molecule has 10 heteroatoms. The Morgan fingerprint density at radius 2 is 1.82 bits per heavy atom. The van der Waals surface area contributed by atoms with Gasteiger partial charge in [0.2, 0.25) is 0 Å². The van der Waals surface area contributed by atoms with Gasteiger partial charge in [-0.1, -0.05) is 46.7 Å². The average molecular weight is 585 g/mol. The number of ether oxygens (including phenoxy) is 1. The normalized spacial score (nSPS) is 15.4. The second kappa shape index (κ2) is 10.6. The number of aryl methyl sites for hydroxylation is 1. The number of hydrogen-bond acceptors (Lipinski definition) is 5. The fourth-order valence-corrected chi connectivity index (χ4v) is 6.18. The van der Waals surface area contributed by atoms with Crippen molar-refractivity contribution in [1.29, 1.82) is 0 Å². The van der Waals surface area contributed by atoms with Crippen molar-refractivity contribution in [3.05, 3.63) is 118 Å². The molecule has 3 heterocycles. The summed E-state index contributed by atoms with van der Waals surface area (Å²) in [6.45, 7) is 7.53. The molecule has 5 rings (SSSR count). The van der Waals surface area contributed by atoms with E-state index in [1.807, 2.05) is 36.6 Å². The van der Waals surface area contributed by atoms with Gasteiger partial charge in [-0.2, -0.15) is 0 Å². The summed E-state index contributed by atoms with van der Waals surface area (Å²) in [5.74, 6) is -0.977. The molecule has 2 aromatic carbocycles. The molecule has 6 nitrogen and oxygen atoms in total. The predicted molar refractivity (Wildman–Crippen MR) is 152 cm³/mol. The predicted octanol–water partition coefficient (Wildman–Crippen LogP) is 5.65. The molecule has 0 saturated carbocycles. The summed E-state index contributed by atoms with van der Waals surface area (Å²) in [5, 5.41) is 0.919. The van der Waals surface area contributed by atoms with Crippen LogP contribution in [0.3, 0.4) is 0 Å². The highest BCUT2D eigenvalue weighted by Crippen LogP contribution is 2.31. The number of nitrogens with zero attached hydrogens (tertiary/aromatic N) is 3. The Morgan fingerprint density at radius 1 is 1.10 bits per heavy atom. The van der Waals surface area contributed by atoms with E-state index in [2.05, 4.69) is 4.99 Å². The maximum absolute atomic E-state index is 13.9. The van der Waals surface area contributed by atoms with Crippen molar-refractivity contribution in [2.45, 2.75) is 33.7 Å². The van der Waals surface area contributed by atoms with Gasteiger partial charge in [0.05, 0.1) is 38.5 Å². The van der Waals surface area contributed by atoms with Crippen molar-refractivity contribution in [3.63, 3.8) is 0 Å². The molecule has 4 aromatic rings. The Balaban J connectivity index is 1.68. The van der Waals surface area contributed by atoms with Gasteiger partial charge < -0.3 is 9.30 Å². The highest BCUT2D eigenvalue weighted by Gasteiger charge is 2.33. The number of fused-ring (bicyclic) bond motifs is 1. The van der Waals surface area contributed by atoms with Crippen molar-refractivity contribution >= 4 is 46.6 Å². The molecule has 0 radical (unpaired) electrons. The number of benzene rings is 2. The largest absolute Gasteiger partial charge is 0.463 e. The van der Waals surface area contributed by atoms with Gasteiger partial charge in [0.25, 0.3) is 5.56 Å². The highest BCUT2D eigenvalue weighted by atomic mass is 35.5. The first-order valence-electron chi connectivity index (χ1n) is 12.2. The third-order valence-electron chi connectivity index (χ3n) is 6.62. The molecule has 1 unspecified atom stereocenters. The van der Waals surface area contributed by atoms with Crippen LogP contribution in [0.1, 0.15) is 42.4 Å². The van der Waals surface area contributed by atoms with Crippen molar-refractivity contribution < 1.29 is 13.9 Å². The number of esters is 1. The topological polar surface area (TPSA) is 65.6 Å². The lowest BCUT2D eigenvalue weighted by atomic mass is 9.96. The SMILES string of the molecule is CCOC(=O)C1=C(C)N=c2s/c(=C/c3cc(C)n(-c4ccc(Cl)c(Cl)c4)c3C)c(=O)n2C1c1ccc(F)cc1. The molecule has 1 aliphatic heterocycles. The van der Waals surface area contributed by atoms with Crippen LogP contribution in [0.5, 0.6) is 0 Å². The number of hydrogen-bond donors (Lipinski definition) is 0. The van der Waals surface area contributed by atoms with Crippen molar-refractivity contribution in [3.8, 4) is 5.69 Å². The Morgan fingerprint density at radius 3 is 2.49 bits per heavy atom. The van der Waals surface area contributed by atoms with E-state index in [4.69, 9.17) is 27.9 Å². The number of carbonyl (C=O) groups excluding carboxylic acids is 1. The van der Waals surface area contributed by atoms with Crippen molar-refractivity contribution in [2.75, 3.05) is 6.61 Å². The highest BCUT2D eigenvalue weighted by molar-refractivity contribution is 7.07. The minimum atomic E-state index is -0.799. The van der Waals surface area contributed by atoms with E-state index in [9.17, 15) is 14.0 Å². The molecular weight excluding hydrogens is 560 g/mol. The van der Waals surface area contributed by atoms with Crippen LogP contribution in [0.25, 0.3) is 11.8 Å². The third-order valence-corrected chi connectivity index (χ3v) is 8.34. The van der Waals surface area contributed by atoms with Crippen molar-refractivity contribution in [1.82, 2.24) is 9.13 Å². The first kappa shape index (κ1) is 27.1. The smallest absolute Gasteiger partial charge is 0.338 e. The number of allylic oxidation sites excluding steroid dienone is 1. The molecule has 0 saturated heterocycles. The molecule has 200 valence electrons. The first-order chi connectivity index (χ1) is 18.6. The standard InChI is InChI=1S/C29H24Cl2FN3O3S/c1-5-38-28(37)25-16(3)33-29-35(26(25)18-6-8-20(32)9-7-18)27(36)24(39-29)13-19-12-15(2)34(17(19)4)21-10-11-22(30)23(31)14-21/h6-14,26H,5H2,1-4H3/b24-13+. The van der Waals surface area contributed by atoms with Gasteiger partial charge in [-0.3, -0.25) is 9.36 Å². The Kier molecular flexibility index (Phi) is 7.37. The van der Waals surface area contributed by atoms with Crippen molar-refractivity contribution in [2.24, 2.45) is 4.99 Å². The summed E-state index contributed by atoms with van der Waals surface area (Å²) in [5.41, 5.74) is 4.55. The van der Waals surface area contributed by atoms with Gasteiger partial charge in [-0.25, -0.2) is 14.2 Å². The maximum Gasteiger partial charge on any atom is 0.338 e. The molecule has 2 aromatic heterocycles. The minimum absolute atomic E-state index is 0.171. The summed E-state index contributed by atoms with van der Waals surface area (Å²) < 4.78 is 23.0. The van der Waals surface area contributed by atoms with Crippen LogP contribution in [0.4, 0.5) is 4.39 Å². The lowest BCUT2D eigenvalue weighted by Gasteiger charge is -2.24. The first-order valence-corrected chi connectivity index (χ1v) is 13.8. The van der Waals surface area contributed by atoms with Gasteiger partial charge in [-0.05, 0) is 81.3 Å². The Hall–Kier alpha value is -3.46. The van der Waals surface area contributed by atoms with Crippen LogP contribution in [-0.4, -0.2) is 21.7 Å². The lowest BCUT2D eigenvalue weighted by Crippen LogP contribution is -2.39. The second-order valence-electron chi connectivity index (χ2n) is 9.11. The fourth-order valence-electron chi connectivity index (χ4n) is 4.85. The summed E-state index contributed by atoms with van der Waals surface area (Å²) in [6, 6.07) is 12.4. The van der Waals surface area contributed by atoms with Gasteiger partial charge in [0.1, 0.15) is 5.82 Å². The van der Waals surface area contributed by atoms with Crippen LogP contribution < -0.4 is 14.9 Å². The number of carbonyl (C=O) groups is 1. The van der Waals surface area contributed by atoms with E-state index in [1.165, 1.54) is 28.0 Å². The fraction of sp³-hybridized carbons (Fsp3) is 0.207. The lowest BCUT2D eigenvalue weighted by molar-refractivity contribution is -0.139. The molecule has 0 aliphatic carbocycles. The van der Waals surface area contributed by atoms with Gasteiger partial charge in [-0.15, -0.1) is 0 Å². The molecular formula is C29H24Cl2FN3O3S. The van der Waals surface area contributed by atoms with Crippen LogP contribution in [0.15, 0.2) is 69.6 Å². The minimum Gasteiger partial charge on any atom is -0.463 e. The summed E-state index contributed by atoms with van der Waals surface area (Å²) in [7, 11) is 0. The van der Waals surface area contributed by atoms with Gasteiger partial charge >= 0.3 is 5.97 Å². The molecule has 1 aliphatic rings. The second-order valence-corrected chi connectivity index (χ2v) is 10.9. The maximum atomic E-state index is 13.9. The zero-order valence-corrected chi connectivity index (χ0v) is 23.9. The Bertz CT molecular complexity index is 1830. The molecule has 0 N–H and O–H groups in total. The van der Waals surface area contributed by atoms with E-state index in [0.29, 0.717) is 30.6 Å². The summed E-state index contributed by atoms with van der Waals surface area (Å²) >= 11 is 13.6. The van der Waals surface area contributed by atoms with E-state index in [0.717, 1.165) is 22.6 Å². The number of aromatic nitrogens is 2. The zero-order valence-electron chi connectivity index (χ0n) is 21.6. The zero-order chi connectivity index (χ0) is 28.0. The van der Waals surface area contributed by atoms with Gasteiger partial charge in [0, 0.05) is 17.1 Å². The van der Waals surface area contributed by atoms with Gasteiger partial charge in [0.15, 0.2) is 4.80 Å². The van der Waals surface area contributed by atoms with E-state index in [-0.39, 0.29) is 17.7 Å². The quantitative estimate of drug-likeness (QED) is 0.285. The summed E-state index contributed by atoms with van der Waals surface area (Å²) in [6.07, 6.45) is 1.82. The van der Waals surface area contributed by atoms with Crippen LogP contribution in [-0.2, 0) is 9.53 Å². The van der Waals surface area contributed by atoms with E-state index >= 15 is 0 Å². The summed E-state index contributed by atoms with van der Waals surface area (Å²) in [4.78, 5) is 31.9. The van der Waals surface area contributed by atoms with E-state index < -0.39 is 17.8 Å². The molecule has 0 bridgehead atoms. The third kappa shape index (κ3) is 4.88.